The van der Waals surface area contributed by atoms with E-state index in [0.29, 0.717) is 17.6 Å². The zero-order valence-electron chi connectivity index (χ0n) is 15.2. The number of nitrogens with one attached hydrogen (secondary N) is 1. The van der Waals surface area contributed by atoms with Gasteiger partial charge < -0.3 is 11.1 Å². The molecule has 0 aliphatic heterocycles. The Hall–Kier alpha value is -2.12. The van der Waals surface area contributed by atoms with Gasteiger partial charge in [0.05, 0.1) is 11.1 Å². The maximum Gasteiger partial charge on any atom is 0.227 e. The number of thiophene rings is 1. The summed E-state index contributed by atoms with van der Waals surface area (Å²) >= 11 is 3.06. The van der Waals surface area contributed by atoms with Crippen LogP contribution in [0.2, 0.25) is 0 Å². The molecule has 0 unspecified atom stereocenters. The summed E-state index contributed by atoms with van der Waals surface area (Å²) in [5, 5.41) is 5.26. The predicted molar refractivity (Wildman–Crippen MR) is 112 cm³/mol. The molecular weight excluding hydrogens is 376 g/mol. The van der Waals surface area contributed by atoms with Crippen molar-refractivity contribution in [3.05, 3.63) is 46.3 Å². The summed E-state index contributed by atoms with van der Waals surface area (Å²) in [5.41, 5.74) is 7.89. The number of carbonyl (C=O) groups is 1. The van der Waals surface area contributed by atoms with Gasteiger partial charge in [-0.25, -0.2) is 9.97 Å². The van der Waals surface area contributed by atoms with Gasteiger partial charge in [-0.3, -0.25) is 4.79 Å². The van der Waals surface area contributed by atoms with Gasteiger partial charge in [0.15, 0.2) is 5.16 Å². The van der Waals surface area contributed by atoms with Gasteiger partial charge >= 0.3 is 0 Å². The molecule has 1 aliphatic carbocycles. The SMILES string of the molecule is C[C@H]1CCc2c(sc3nc(SCC(N)=O)nc(NCc4ccccc4)c23)C1. The van der Waals surface area contributed by atoms with Crippen LogP contribution in [-0.2, 0) is 24.2 Å². The fourth-order valence-corrected chi connectivity index (χ4v) is 5.46. The summed E-state index contributed by atoms with van der Waals surface area (Å²) in [6.45, 7) is 3.01. The second-order valence-corrected chi connectivity index (χ2v) is 9.01. The normalized spacial score (nSPS) is 16.3. The van der Waals surface area contributed by atoms with Crippen LogP contribution in [0.1, 0.15) is 29.3 Å². The zero-order valence-corrected chi connectivity index (χ0v) is 16.8. The molecule has 0 bridgehead atoms. The number of primary amides is 1. The number of benzene rings is 1. The molecule has 0 saturated heterocycles. The second kappa shape index (κ2) is 7.86. The molecule has 7 heteroatoms. The first-order valence-electron chi connectivity index (χ1n) is 9.11. The monoisotopic (exact) mass is 398 g/mol. The number of hydrogen-bond donors (Lipinski definition) is 2. The van der Waals surface area contributed by atoms with Crippen molar-refractivity contribution in [3.8, 4) is 0 Å². The molecule has 3 N–H and O–H groups in total. The van der Waals surface area contributed by atoms with Crippen molar-refractivity contribution in [2.24, 2.45) is 11.7 Å². The van der Waals surface area contributed by atoms with E-state index in [0.717, 1.165) is 28.9 Å². The maximum absolute atomic E-state index is 11.2. The largest absolute Gasteiger partial charge is 0.369 e. The lowest BCUT2D eigenvalue weighted by Crippen LogP contribution is -2.13. The number of hydrogen-bond acceptors (Lipinski definition) is 6. The molecule has 2 aromatic heterocycles. The quantitative estimate of drug-likeness (QED) is 0.484. The minimum atomic E-state index is -0.359. The van der Waals surface area contributed by atoms with Crippen LogP contribution in [0, 0.1) is 5.92 Å². The molecular formula is C20H22N4OS2. The smallest absolute Gasteiger partial charge is 0.227 e. The van der Waals surface area contributed by atoms with E-state index >= 15 is 0 Å². The minimum Gasteiger partial charge on any atom is -0.369 e. The molecule has 5 nitrogen and oxygen atoms in total. The number of nitrogens with two attached hydrogens (primary N) is 1. The van der Waals surface area contributed by atoms with E-state index in [-0.39, 0.29) is 11.7 Å². The van der Waals surface area contributed by atoms with E-state index in [4.69, 9.17) is 15.7 Å². The van der Waals surface area contributed by atoms with Crippen LogP contribution in [0.5, 0.6) is 0 Å². The van der Waals surface area contributed by atoms with E-state index in [9.17, 15) is 4.79 Å². The number of nitrogens with zero attached hydrogens (tertiary/aromatic N) is 2. The highest BCUT2D eigenvalue weighted by atomic mass is 32.2. The predicted octanol–water partition coefficient (Wildman–Crippen LogP) is 4.01. The van der Waals surface area contributed by atoms with Crippen molar-refractivity contribution in [2.75, 3.05) is 11.1 Å². The van der Waals surface area contributed by atoms with Gasteiger partial charge in [0.25, 0.3) is 0 Å². The van der Waals surface area contributed by atoms with Crippen LogP contribution in [0.3, 0.4) is 0 Å². The topological polar surface area (TPSA) is 80.9 Å². The third kappa shape index (κ3) is 4.09. The summed E-state index contributed by atoms with van der Waals surface area (Å²) in [6.07, 6.45) is 3.39. The van der Waals surface area contributed by atoms with Gasteiger partial charge in [0.2, 0.25) is 5.91 Å². The van der Waals surface area contributed by atoms with Gasteiger partial charge in [0.1, 0.15) is 10.6 Å². The molecule has 3 aromatic rings. The number of anilines is 1. The fourth-order valence-electron chi connectivity index (χ4n) is 3.43. The first kappa shape index (κ1) is 18.3. The zero-order chi connectivity index (χ0) is 18.8. The molecule has 1 aliphatic rings. The highest BCUT2D eigenvalue weighted by molar-refractivity contribution is 7.99. The highest BCUT2D eigenvalue weighted by Gasteiger charge is 2.24. The van der Waals surface area contributed by atoms with Crippen LogP contribution in [-0.4, -0.2) is 21.6 Å². The Bertz CT molecular complexity index is 971. The van der Waals surface area contributed by atoms with Gasteiger partial charge in [-0.2, -0.15) is 0 Å². The first-order chi connectivity index (χ1) is 13.1. The van der Waals surface area contributed by atoms with Crippen molar-refractivity contribution in [1.82, 2.24) is 9.97 Å². The molecule has 0 spiro atoms. The molecule has 0 radical (unpaired) electrons. The average Bonchev–Trinajstić information content (AvgIpc) is 3.02. The van der Waals surface area contributed by atoms with Crippen LogP contribution >= 0.6 is 23.1 Å². The van der Waals surface area contributed by atoms with Crippen molar-refractivity contribution in [1.29, 1.82) is 0 Å². The molecule has 27 heavy (non-hydrogen) atoms. The van der Waals surface area contributed by atoms with Crippen LogP contribution in [0.4, 0.5) is 5.82 Å². The summed E-state index contributed by atoms with van der Waals surface area (Å²) in [7, 11) is 0. The maximum atomic E-state index is 11.2. The van der Waals surface area contributed by atoms with Crippen molar-refractivity contribution in [3.63, 3.8) is 0 Å². The van der Waals surface area contributed by atoms with E-state index < -0.39 is 0 Å². The van der Waals surface area contributed by atoms with E-state index in [1.165, 1.54) is 34.2 Å². The lowest BCUT2D eigenvalue weighted by atomic mass is 9.89. The standard InChI is InChI=1S/C20H22N4OS2/c1-12-7-8-14-15(9-12)27-19-17(14)18(22-10-13-5-3-2-4-6-13)23-20(24-19)26-11-16(21)25/h2-6,12H,7-11H2,1H3,(H2,21,25)(H,22,23,24)/t12-/m0/s1. The fraction of sp³-hybridized carbons (Fsp3) is 0.350. The highest BCUT2D eigenvalue weighted by Crippen LogP contribution is 2.40. The van der Waals surface area contributed by atoms with E-state index in [2.05, 4.69) is 24.4 Å². The molecule has 140 valence electrons. The summed E-state index contributed by atoms with van der Waals surface area (Å²) in [6, 6.07) is 10.3. The van der Waals surface area contributed by atoms with Crippen molar-refractivity contribution < 1.29 is 4.79 Å². The van der Waals surface area contributed by atoms with E-state index in [1.54, 1.807) is 11.3 Å². The number of amides is 1. The Balaban J connectivity index is 1.71. The van der Waals surface area contributed by atoms with Crippen LogP contribution in [0.15, 0.2) is 35.5 Å². The van der Waals surface area contributed by atoms with Gasteiger partial charge in [-0.1, -0.05) is 49.0 Å². The average molecular weight is 399 g/mol. The number of thioether (sulfide) groups is 1. The molecule has 1 atom stereocenters. The summed E-state index contributed by atoms with van der Waals surface area (Å²) in [4.78, 5) is 23.0. The molecule has 0 fully saturated rings. The van der Waals surface area contributed by atoms with Gasteiger partial charge in [0, 0.05) is 11.4 Å². The Labute approximate surface area is 166 Å². The van der Waals surface area contributed by atoms with Crippen molar-refractivity contribution in [2.45, 2.75) is 37.9 Å². The Morgan fingerprint density at radius 2 is 2.15 bits per heavy atom. The third-order valence-corrected chi connectivity index (χ3v) is 6.80. The number of rotatable bonds is 6. The van der Waals surface area contributed by atoms with Crippen LogP contribution in [0.25, 0.3) is 10.2 Å². The number of fused-ring (bicyclic) bond motifs is 3. The number of aromatic nitrogens is 2. The number of carbonyl (C=O) groups excluding carboxylic acids is 1. The Morgan fingerprint density at radius 3 is 2.93 bits per heavy atom. The summed E-state index contributed by atoms with van der Waals surface area (Å²) < 4.78 is 0. The lowest BCUT2D eigenvalue weighted by molar-refractivity contribution is -0.115. The lowest BCUT2D eigenvalue weighted by Gasteiger charge is -2.18. The summed E-state index contributed by atoms with van der Waals surface area (Å²) in [5.74, 6) is 1.40. The van der Waals surface area contributed by atoms with Gasteiger partial charge in [-0.15, -0.1) is 11.3 Å². The number of aryl methyl sites for hydroxylation is 1. The second-order valence-electron chi connectivity index (χ2n) is 6.98. The van der Waals surface area contributed by atoms with E-state index in [1.807, 2.05) is 18.2 Å². The Morgan fingerprint density at radius 1 is 1.33 bits per heavy atom. The minimum absolute atomic E-state index is 0.186. The van der Waals surface area contributed by atoms with Crippen LogP contribution < -0.4 is 11.1 Å². The Kier molecular flexibility index (Phi) is 5.31. The molecule has 0 saturated carbocycles. The van der Waals surface area contributed by atoms with Crippen molar-refractivity contribution >= 4 is 45.0 Å². The third-order valence-electron chi connectivity index (χ3n) is 4.78. The molecule has 1 aromatic carbocycles. The molecule has 4 rings (SSSR count). The first-order valence-corrected chi connectivity index (χ1v) is 10.9. The molecule has 2 heterocycles. The molecule has 1 amide bonds. The van der Waals surface area contributed by atoms with Gasteiger partial charge in [-0.05, 0) is 36.3 Å².